The Labute approximate surface area is 149 Å². The molecule has 0 aliphatic rings. The summed E-state index contributed by atoms with van der Waals surface area (Å²) < 4.78 is 0. The summed E-state index contributed by atoms with van der Waals surface area (Å²) in [6.07, 6.45) is 2.70. The number of hydrogen-bond acceptors (Lipinski definition) is 2. The Morgan fingerprint density at radius 3 is 1.44 bits per heavy atom. The van der Waals surface area contributed by atoms with Crippen LogP contribution in [0.15, 0.2) is 60.7 Å². The molecule has 0 aromatic heterocycles. The first-order chi connectivity index (χ1) is 12.1. The first-order valence-electron chi connectivity index (χ1n) is 8.78. The van der Waals surface area contributed by atoms with Gasteiger partial charge in [0.2, 0.25) is 0 Å². The third-order valence-electron chi connectivity index (χ3n) is 4.10. The zero-order valence-electron chi connectivity index (χ0n) is 14.9. The highest BCUT2D eigenvalue weighted by Gasteiger charge is 2.12. The molecule has 0 unspecified atom stereocenters. The predicted octanol–water partition coefficient (Wildman–Crippen LogP) is 3.79. The van der Waals surface area contributed by atoms with Gasteiger partial charge in [-0.3, -0.25) is 9.59 Å². The number of carbonyl (C=O) groups excluding carboxylic acids is 2. The lowest BCUT2D eigenvalue weighted by molar-refractivity contribution is 0.0934. The normalized spacial score (nSPS) is 12.9. The molecule has 0 fully saturated rings. The number of rotatable bonds is 8. The molecule has 2 aromatic carbocycles. The second kappa shape index (κ2) is 9.62. The minimum absolute atomic E-state index is 0.0430. The largest absolute Gasteiger partial charge is 0.350 e. The van der Waals surface area contributed by atoms with E-state index in [2.05, 4.69) is 10.6 Å². The average molecular weight is 338 g/mol. The second-order valence-corrected chi connectivity index (χ2v) is 6.41. The molecule has 4 nitrogen and oxygen atoms in total. The molecule has 0 radical (unpaired) electrons. The molecule has 2 atom stereocenters. The van der Waals surface area contributed by atoms with Crippen molar-refractivity contribution in [1.29, 1.82) is 0 Å². The summed E-state index contributed by atoms with van der Waals surface area (Å²) in [6.45, 7) is 4.02. The molecule has 2 rings (SSSR count). The van der Waals surface area contributed by atoms with Crippen molar-refractivity contribution in [3.8, 4) is 0 Å². The molecule has 25 heavy (non-hydrogen) atoms. The summed E-state index contributed by atoms with van der Waals surface area (Å²) in [5.41, 5.74) is 1.36. The molecule has 0 saturated carbocycles. The van der Waals surface area contributed by atoms with Gasteiger partial charge in [0.15, 0.2) is 0 Å². The van der Waals surface area contributed by atoms with Crippen LogP contribution in [0.3, 0.4) is 0 Å². The van der Waals surface area contributed by atoms with Crippen molar-refractivity contribution < 1.29 is 9.59 Å². The molecule has 4 heteroatoms. The monoisotopic (exact) mass is 338 g/mol. The number of benzene rings is 2. The Hall–Kier alpha value is -2.62. The zero-order chi connectivity index (χ0) is 18.1. The summed E-state index contributed by atoms with van der Waals surface area (Å²) >= 11 is 0. The fourth-order valence-corrected chi connectivity index (χ4v) is 2.67. The van der Waals surface area contributed by atoms with Crippen LogP contribution in [0.5, 0.6) is 0 Å². The van der Waals surface area contributed by atoms with E-state index in [1.807, 2.05) is 74.5 Å². The van der Waals surface area contributed by atoms with Crippen LogP contribution < -0.4 is 10.6 Å². The summed E-state index contributed by atoms with van der Waals surface area (Å²) in [5.74, 6) is -0.0861. The Kier molecular flexibility index (Phi) is 7.20. The first-order valence-corrected chi connectivity index (χ1v) is 8.78. The van der Waals surface area contributed by atoms with E-state index in [-0.39, 0.29) is 23.9 Å². The van der Waals surface area contributed by atoms with Gasteiger partial charge in [-0.2, -0.15) is 0 Å². The smallest absolute Gasteiger partial charge is 0.251 e. The highest BCUT2D eigenvalue weighted by Crippen LogP contribution is 2.07. The molecule has 0 heterocycles. The van der Waals surface area contributed by atoms with Crippen LogP contribution in [0.4, 0.5) is 0 Å². The second-order valence-electron chi connectivity index (χ2n) is 6.41. The third kappa shape index (κ3) is 6.42. The van der Waals surface area contributed by atoms with E-state index in [4.69, 9.17) is 0 Å². The van der Waals surface area contributed by atoms with Crippen molar-refractivity contribution in [2.75, 3.05) is 0 Å². The van der Waals surface area contributed by atoms with E-state index < -0.39 is 0 Å². The minimum atomic E-state index is -0.0430. The molecule has 2 amide bonds. The van der Waals surface area contributed by atoms with Crippen molar-refractivity contribution in [3.63, 3.8) is 0 Å². The topological polar surface area (TPSA) is 58.2 Å². The first kappa shape index (κ1) is 18.7. The number of amides is 2. The van der Waals surface area contributed by atoms with Gasteiger partial charge in [-0.15, -0.1) is 0 Å². The predicted molar refractivity (Wildman–Crippen MR) is 101 cm³/mol. The highest BCUT2D eigenvalue weighted by molar-refractivity contribution is 5.94. The van der Waals surface area contributed by atoms with Crippen molar-refractivity contribution in [1.82, 2.24) is 10.6 Å². The lowest BCUT2D eigenvalue weighted by Gasteiger charge is -2.17. The van der Waals surface area contributed by atoms with E-state index in [9.17, 15) is 9.59 Å². The fourth-order valence-electron chi connectivity index (χ4n) is 2.67. The molecule has 0 spiro atoms. The lowest BCUT2D eigenvalue weighted by Crippen LogP contribution is -2.34. The Morgan fingerprint density at radius 2 is 1.08 bits per heavy atom. The summed E-state index contributed by atoms with van der Waals surface area (Å²) in [7, 11) is 0. The Morgan fingerprint density at radius 1 is 0.720 bits per heavy atom. The summed E-state index contributed by atoms with van der Waals surface area (Å²) in [4.78, 5) is 24.2. The lowest BCUT2D eigenvalue weighted by atomic mass is 10.1. The zero-order valence-corrected chi connectivity index (χ0v) is 14.9. The van der Waals surface area contributed by atoms with Crippen molar-refractivity contribution in [2.45, 2.75) is 45.2 Å². The standard InChI is InChI=1S/C21H26N2O2/c1-16(22-20(24)18-12-5-3-6-13-18)10-9-11-17(2)23-21(25)19-14-7-4-8-15-19/h3-8,12-17H,9-11H2,1-2H3,(H,22,24)(H,23,25)/t16-,17-/m0/s1. The quantitative estimate of drug-likeness (QED) is 0.769. The maximum atomic E-state index is 12.1. The number of nitrogens with one attached hydrogen (secondary N) is 2. The minimum Gasteiger partial charge on any atom is -0.350 e. The van der Waals surface area contributed by atoms with Gasteiger partial charge in [0.05, 0.1) is 0 Å². The molecule has 132 valence electrons. The van der Waals surface area contributed by atoms with Gasteiger partial charge >= 0.3 is 0 Å². The molecular formula is C21H26N2O2. The van der Waals surface area contributed by atoms with Gasteiger partial charge in [-0.05, 0) is 57.4 Å². The molecule has 2 aromatic rings. The van der Waals surface area contributed by atoms with Crippen LogP contribution in [0.1, 0.15) is 53.8 Å². The summed E-state index contributed by atoms with van der Waals surface area (Å²) in [6, 6.07) is 18.7. The van der Waals surface area contributed by atoms with E-state index in [0.717, 1.165) is 19.3 Å². The molecule has 0 bridgehead atoms. The van der Waals surface area contributed by atoms with Crippen LogP contribution in [-0.4, -0.2) is 23.9 Å². The van der Waals surface area contributed by atoms with Crippen LogP contribution in [0.25, 0.3) is 0 Å². The van der Waals surface area contributed by atoms with Crippen molar-refractivity contribution in [2.24, 2.45) is 0 Å². The van der Waals surface area contributed by atoms with Crippen molar-refractivity contribution in [3.05, 3.63) is 71.8 Å². The molecule has 0 aliphatic heterocycles. The molecule has 2 N–H and O–H groups in total. The molecule has 0 saturated heterocycles. The SMILES string of the molecule is C[C@@H](CCC[C@H](C)NC(=O)c1ccccc1)NC(=O)c1ccccc1. The molecular weight excluding hydrogens is 312 g/mol. The van der Waals surface area contributed by atoms with E-state index >= 15 is 0 Å². The van der Waals surface area contributed by atoms with E-state index in [1.165, 1.54) is 0 Å². The van der Waals surface area contributed by atoms with Gasteiger partial charge in [0.25, 0.3) is 11.8 Å². The van der Waals surface area contributed by atoms with Gasteiger partial charge in [0, 0.05) is 23.2 Å². The van der Waals surface area contributed by atoms with E-state index in [0.29, 0.717) is 11.1 Å². The van der Waals surface area contributed by atoms with Crippen LogP contribution in [0.2, 0.25) is 0 Å². The Balaban J connectivity index is 1.67. The maximum Gasteiger partial charge on any atom is 0.251 e. The van der Waals surface area contributed by atoms with Gasteiger partial charge in [0.1, 0.15) is 0 Å². The average Bonchev–Trinajstić information content (AvgIpc) is 2.63. The van der Waals surface area contributed by atoms with Crippen LogP contribution >= 0.6 is 0 Å². The highest BCUT2D eigenvalue weighted by atomic mass is 16.2. The van der Waals surface area contributed by atoms with E-state index in [1.54, 1.807) is 0 Å². The van der Waals surface area contributed by atoms with Gasteiger partial charge in [-0.1, -0.05) is 36.4 Å². The third-order valence-corrected chi connectivity index (χ3v) is 4.10. The van der Waals surface area contributed by atoms with Crippen molar-refractivity contribution >= 4 is 11.8 Å². The van der Waals surface area contributed by atoms with Gasteiger partial charge in [-0.25, -0.2) is 0 Å². The van der Waals surface area contributed by atoms with Crippen LogP contribution in [0, 0.1) is 0 Å². The Bertz CT molecular complexity index is 611. The number of carbonyl (C=O) groups is 2. The fraction of sp³-hybridized carbons (Fsp3) is 0.333. The maximum absolute atomic E-state index is 12.1. The molecule has 0 aliphatic carbocycles. The van der Waals surface area contributed by atoms with Crippen LogP contribution in [-0.2, 0) is 0 Å². The summed E-state index contributed by atoms with van der Waals surface area (Å²) in [5, 5.41) is 6.02. The van der Waals surface area contributed by atoms with Gasteiger partial charge < -0.3 is 10.6 Å². The number of hydrogen-bond donors (Lipinski definition) is 2.